The Kier molecular flexibility index (Phi) is 5.86. The van der Waals surface area contributed by atoms with E-state index in [0.717, 1.165) is 16.6 Å². The number of anilines is 1. The van der Waals surface area contributed by atoms with Crippen LogP contribution in [0.2, 0.25) is 0 Å². The molecule has 1 aliphatic rings. The number of aliphatic hydroxyl groups is 1. The lowest BCUT2D eigenvalue weighted by molar-refractivity contribution is 0.0486. The van der Waals surface area contributed by atoms with Gasteiger partial charge in [-0.05, 0) is 30.2 Å². The number of hydrogen-bond acceptors (Lipinski definition) is 7. The number of aromatic nitrogens is 4. The van der Waals surface area contributed by atoms with Crippen LogP contribution in [0.25, 0.3) is 22.4 Å². The van der Waals surface area contributed by atoms with E-state index in [1.54, 1.807) is 23.5 Å². The number of aromatic amines is 1. The number of hydrogen-bond donors (Lipinski definition) is 3. The number of rotatable bonds is 5. The van der Waals surface area contributed by atoms with Gasteiger partial charge in [-0.3, -0.25) is 0 Å². The first-order valence-corrected chi connectivity index (χ1v) is 10.8. The maximum atomic E-state index is 12.6. The van der Waals surface area contributed by atoms with Crippen molar-refractivity contribution in [2.75, 3.05) is 18.4 Å². The van der Waals surface area contributed by atoms with E-state index in [1.165, 1.54) is 0 Å². The first-order valence-electron chi connectivity index (χ1n) is 10.8. The SMILES string of the molecule is O=C(OCc1ccccc1)N1CC[C@@H](O)[C@H](Nc2ncccc2-c2cnc3[nH]ccc3n2)C1. The number of likely N-dealkylation sites (tertiary alicyclic amines) is 1. The Morgan fingerprint density at radius 2 is 2.06 bits per heavy atom. The maximum absolute atomic E-state index is 12.6. The van der Waals surface area contributed by atoms with Crippen LogP contribution in [0.5, 0.6) is 0 Å². The molecule has 3 aromatic heterocycles. The molecule has 168 valence electrons. The summed E-state index contributed by atoms with van der Waals surface area (Å²) < 4.78 is 5.47. The van der Waals surface area contributed by atoms with Crippen LogP contribution in [0, 0.1) is 0 Å². The number of carbonyl (C=O) groups excluding carboxylic acids is 1. The number of piperidine rings is 1. The van der Waals surface area contributed by atoms with E-state index in [2.05, 4.69) is 25.3 Å². The molecule has 9 nitrogen and oxygen atoms in total. The lowest BCUT2D eigenvalue weighted by Gasteiger charge is -2.36. The van der Waals surface area contributed by atoms with Crippen molar-refractivity contribution in [3.05, 3.63) is 72.7 Å². The van der Waals surface area contributed by atoms with Crippen molar-refractivity contribution in [2.24, 2.45) is 0 Å². The van der Waals surface area contributed by atoms with Crippen molar-refractivity contribution in [1.82, 2.24) is 24.8 Å². The molecule has 5 rings (SSSR count). The van der Waals surface area contributed by atoms with E-state index < -0.39 is 18.2 Å². The Morgan fingerprint density at radius 3 is 2.94 bits per heavy atom. The molecule has 1 aliphatic heterocycles. The van der Waals surface area contributed by atoms with Crippen molar-refractivity contribution >= 4 is 23.1 Å². The number of H-pyrrole nitrogens is 1. The predicted octanol–water partition coefficient (Wildman–Crippen LogP) is 3.20. The number of amides is 1. The van der Waals surface area contributed by atoms with Gasteiger partial charge in [0.25, 0.3) is 0 Å². The third-order valence-corrected chi connectivity index (χ3v) is 5.71. The number of fused-ring (bicyclic) bond motifs is 1. The van der Waals surface area contributed by atoms with Crippen LogP contribution in [-0.4, -0.2) is 61.3 Å². The van der Waals surface area contributed by atoms with Crippen LogP contribution in [0.3, 0.4) is 0 Å². The molecule has 2 atom stereocenters. The molecule has 9 heteroatoms. The molecule has 3 N–H and O–H groups in total. The van der Waals surface area contributed by atoms with Gasteiger partial charge in [0, 0.05) is 31.0 Å². The molecule has 4 heterocycles. The minimum Gasteiger partial charge on any atom is -0.445 e. The minimum atomic E-state index is -0.628. The van der Waals surface area contributed by atoms with Gasteiger partial charge in [-0.15, -0.1) is 0 Å². The molecule has 4 aromatic rings. The summed E-state index contributed by atoms with van der Waals surface area (Å²) in [7, 11) is 0. The van der Waals surface area contributed by atoms with E-state index in [1.807, 2.05) is 48.5 Å². The average Bonchev–Trinajstić information content (AvgIpc) is 3.33. The van der Waals surface area contributed by atoms with Crippen molar-refractivity contribution in [2.45, 2.75) is 25.2 Å². The summed E-state index contributed by atoms with van der Waals surface area (Å²) in [5.74, 6) is 0.574. The molecule has 0 bridgehead atoms. The molecule has 0 saturated carbocycles. The highest BCUT2D eigenvalue weighted by molar-refractivity contribution is 5.78. The van der Waals surface area contributed by atoms with Gasteiger partial charge in [-0.25, -0.2) is 19.7 Å². The Balaban J connectivity index is 1.30. The fourth-order valence-corrected chi connectivity index (χ4v) is 3.92. The van der Waals surface area contributed by atoms with Crippen LogP contribution in [0.4, 0.5) is 10.6 Å². The zero-order valence-electron chi connectivity index (χ0n) is 17.9. The highest BCUT2D eigenvalue weighted by Gasteiger charge is 2.32. The third kappa shape index (κ3) is 4.63. The van der Waals surface area contributed by atoms with E-state index in [9.17, 15) is 9.90 Å². The van der Waals surface area contributed by atoms with Crippen molar-refractivity contribution in [3.63, 3.8) is 0 Å². The van der Waals surface area contributed by atoms with Crippen molar-refractivity contribution in [3.8, 4) is 11.3 Å². The third-order valence-electron chi connectivity index (χ3n) is 5.71. The fraction of sp³-hybridized carbons (Fsp3) is 0.250. The number of pyridine rings is 1. The number of carbonyl (C=O) groups is 1. The van der Waals surface area contributed by atoms with Crippen LogP contribution in [0.1, 0.15) is 12.0 Å². The largest absolute Gasteiger partial charge is 0.445 e. The van der Waals surface area contributed by atoms with Gasteiger partial charge < -0.3 is 25.0 Å². The predicted molar refractivity (Wildman–Crippen MR) is 123 cm³/mol. The van der Waals surface area contributed by atoms with Crippen LogP contribution >= 0.6 is 0 Å². The Labute approximate surface area is 190 Å². The standard InChI is InChI=1S/C24H24N6O3/c31-21-9-12-30(24(32)33-15-16-5-2-1-3-6-16)14-20(21)29-22-17(7-4-10-25-22)19-13-27-23-18(28-19)8-11-26-23/h1-8,10-11,13,20-21,31H,9,12,14-15H2,(H,25,29)(H,26,27)/t20-,21-/m1/s1. The zero-order chi connectivity index (χ0) is 22.6. The molecular formula is C24H24N6O3. The van der Waals surface area contributed by atoms with Gasteiger partial charge in [0.15, 0.2) is 5.65 Å². The molecule has 0 radical (unpaired) electrons. The van der Waals surface area contributed by atoms with Gasteiger partial charge in [0.2, 0.25) is 0 Å². The van der Waals surface area contributed by atoms with Crippen LogP contribution in [0.15, 0.2) is 67.1 Å². The number of nitrogens with zero attached hydrogens (tertiary/aromatic N) is 4. The molecule has 1 saturated heterocycles. The molecule has 0 aliphatic carbocycles. The monoisotopic (exact) mass is 444 g/mol. The van der Waals surface area contributed by atoms with Gasteiger partial charge >= 0.3 is 6.09 Å². The quantitative estimate of drug-likeness (QED) is 0.433. The number of benzene rings is 1. The molecular weight excluding hydrogens is 420 g/mol. The molecule has 33 heavy (non-hydrogen) atoms. The highest BCUT2D eigenvalue weighted by atomic mass is 16.6. The highest BCUT2D eigenvalue weighted by Crippen LogP contribution is 2.27. The van der Waals surface area contributed by atoms with Gasteiger partial charge in [-0.2, -0.15) is 0 Å². The second-order valence-electron chi connectivity index (χ2n) is 7.96. The summed E-state index contributed by atoms with van der Waals surface area (Å²) in [6, 6.07) is 14.7. The minimum absolute atomic E-state index is 0.210. The first kappa shape index (κ1) is 20.9. The summed E-state index contributed by atoms with van der Waals surface area (Å²) >= 11 is 0. The van der Waals surface area contributed by atoms with Crippen molar-refractivity contribution in [1.29, 1.82) is 0 Å². The summed E-state index contributed by atoms with van der Waals surface area (Å²) in [6.07, 6.45) is 4.57. The summed E-state index contributed by atoms with van der Waals surface area (Å²) in [5.41, 5.74) is 3.83. The fourth-order valence-electron chi connectivity index (χ4n) is 3.92. The molecule has 0 spiro atoms. The summed E-state index contributed by atoms with van der Waals surface area (Å²) in [4.78, 5) is 30.8. The Bertz CT molecular complexity index is 1250. The second kappa shape index (κ2) is 9.25. The maximum Gasteiger partial charge on any atom is 0.410 e. The molecule has 1 amide bonds. The van der Waals surface area contributed by atoms with E-state index in [0.29, 0.717) is 36.7 Å². The van der Waals surface area contributed by atoms with Crippen LogP contribution < -0.4 is 5.32 Å². The number of aliphatic hydroxyl groups excluding tert-OH is 1. The lowest BCUT2D eigenvalue weighted by atomic mass is 10.0. The molecule has 0 unspecified atom stereocenters. The summed E-state index contributed by atoms with van der Waals surface area (Å²) in [5, 5.41) is 13.9. The van der Waals surface area contributed by atoms with E-state index >= 15 is 0 Å². The van der Waals surface area contributed by atoms with Crippen LogP contribution in [-0.2, 0) is 11.3 Å². The topological polar surface area (TPSA) is 116 Å². The second-order valence-corrected chi connectivity index (χ2v) is 7.96. The normalized spacial score (nSPS) is 18.3. The van der Waals surface area contributed by atoms with Gasteiger partial charge in [0.1, 0.15) is 17.9 Å². The zero-order valence-corrected chi connectivity index (χ0v) is 17.9. The average molecular weight is 444 g/mol. The first-order chi connectivity index (χ1) is 16.2. The molecule has 1 aromatic carbocycles. The Hall–Kier alpha value is -3.98. The van der Waals surface area contributed by atoms with E-state index in [4.69, 9.17) is 4.74 Å². The number of nitrogens with one attached hydrogen (secondary N) is 2. The lowest BCUT2D eigenvalue weighted by Crippen LogP contribution is -2.52. The van der Waals surface area contributed by atoms with Crippen molar-refractivity contribution < 1.29 is 14.6 Å². The number of ether oxygens (including phenoxy) is 1. The van der Waals surface area contributed by atoms with E-state index in [-0.39, 0.29) is 6.61 Å². The van der Waals surface area contributed by atoms with Gasteiger partial charge in [0.05, 0.1) is 24.0 Å². The van der Waals surface area contributed by atoms with Gasteiger partial charge in [-0.1, -0.05) is 30.3 Å². The smallest absolute Gasteiger partial charge is 0.410 e. The molecule has 1 fully saturated rings. The summed E-state index contributed by atoms with van der Waals surface area (Å²) in [6.45, 7) is 0.937. The Morgan fingerprint density at radius 1 is 1.18 bits per heavy atom.